The number of nitrogens with zero attached hydrogens (tertiary/aromatic N) is 6. The van der Waals surface area contributed by atoms with Crippen LogP contribution < -0.4 is 5.32 Å². The number of tetrazole rings is 1. The Kier molecular flexibility index (Phi) is 4.21. The van der Waals surface area contributed by atoms with Gasteiger partial charge in [0.25, 0.3) is 0 Å². The number of benzene rings is 2. The number of hydrogen-bond acceptors (Lipinski definition) is 6. The normalized spacial score (nSPS) is 15.2. The average Bonchev–Trinajstić information content (AvgIpc) is 3.60. The van der Waals surface area contributed by atoms with Crippen LogP contribution in [0.25, 0.3) is 22.0 Å². The fraction of sp³-hybridized carbons (Fsp3) is 0.0435. The number of rotatable bonds is 4. The second-order valence-corrected chi connectivity index (χ2v) is 8.10. The molecule has 0 amide bonds. The van der Waals surface area contributed by atoms with Crippen LogP contribution in [-0.4, -0.2) is 30.0 Å². The van der Waals surface area contributed by atoms with Crippen molar-refractivity contribution < 1.29 is 0 Å². The SMILES string of the molecule is C1=C(c2ccccc2)Nc2nnnn2[C@@H]1c1cn(-c2ccccc2)nc1-c1cccs1. The van der Waals surface area contributed by atoms with Crippen molar-refractivity contribution in [3.8, 4) is 16.3 Å². The molecule has 3 aromatic heterocycles. The number of hydrogen-bond donors (Lipinski definition) is 1. The molecule has 1 N–H and O–H groups in total. The van der Waals surface area contributed by atoms with Crippen LogP contribution in [0.5, 0.6) is 0 Å². The number of thiophene rings is 1. The van der Waals surface area contributed by atoms with Crippen molar-refractivity contribution in [3.05, 3.63) is 102 Å². The highest BCUT2D eigenvalue weighted by Gasteiger charge is 2.29. The lowest BCUT2D eigenvalue weighted by atomic mass is 10.0. The monoisotopic (exact) mass is 423 g/mol. The van der Waals surface area contributed by atoms with E-state index in [0.717, 1.165) is 33.1 Å². The lowest BCUT2D eigenvalue weighted by molar-refractivity contribution is 0.586. The van der Waals surface area contributed by atoms with Gasteiger partial charge in [-0.1, -0.05) is 59.7 Å². The molecule has 0 saturated carbocycles. The number of anilines is 1. The number of aromatic nitrogens is 6. The van der Waals surface area contributed by atoms with Crippen LogP contribution in [0.2, 0.25) is 0 Å². The first-order chi connectivity index (χ1) is 15.4. The summed E-state index contributed by atoms with van der Waals surface area (Å²) in [6.07, 6.45) is 4.23. The maximum atomic E-state index is 4.95. The molecule has 31 heavy (non-hydrogen) atoms. The molecule has 0 fully saturated rings. The highest BCUT2D eigenvalue weighted by molar-refractivity contribution is 7.13. The van der Waals surface area contributed by atoms with Gasteiger partial charge in [0.1, 0.15) is 11.7 Å². The molecule has 8 heteroatoms. The Morgan fingerprint density at radius 3 is 2.48 bits per heavy atom. The van der Waals surface area contributed by atoms with Gasteiger partial charge in [0, 0.05) is 17.5 Å². The van der Waals surface area contributed by atoms with Crippen molar-refractivity contribution in [3.63, 3.8) is 0 Å². The highest BCUT2D eigenvalue weighted by atomic mass is 32.1. The first-order valence-electron chi connectivity index (χ1n) is 9.88. The van der Waals surface area contributed by atoms with Crippen molar-refractivity contribution in [1.29, 1.82) is 0 Å². The summed E-state index contributed by atoms with van der Waals surface area (Å²) in [5.41, 5.74) is 5.02. The summed E-state index contributed by atoms with van der Waals surface area (Å²) in [6.45, 7) is 0. The van der Waals surface area contributed by atoms with Crippen LogP contribution in [0.1, 0.15) is 17.2 Å². The van der Waals surface area contributed by atoms with Gasteiger partial charge in [0.05, 0.1) is 10.6 Å². The molecule has 0 aliphatic carbocycles. The Hall–Kier alpha value is -4.04. The molecule has 0 spiro atoms. The molecule has 5 aromatic rings. The quantitative estimate of drug-likeness (QED) is 0.456. The Morgan fingerprint density at radius 2 is 1.71 bits per heavy atom. The summed E-state index contributed by atoms with van der Waals surface area (Å²) in [5, 5.41) is 22.7. The van der Waals surface area contributed by atoms with E-state index < -0.39 is 0 Å². The molecular formula is C23H17N7S. The maximum Gasteiger partial charge on any atom is 0.248 e. The predicted molar refractivity (Wildman–Crippen MR) is 121 cm³/mol. The fourth-order valence-corrected chi connectivity index (χ4v) is 4.51. The van der Waals surface area contributed by atoms with Crippen LogP contribution >= 0.6 is 11.3 Å². The van der Waals surface area contributed by atoms with Crippen molar-refractivity contribution in [2.24, 2.45) is 0 Å². The van der Waals surface area contributed by atoms with Crippen LogP contribution in [0.4, 0.5) is 5.95 Å². The van der Waals surface area contributed by atoms with E-state index in [9.17, 15) is 0 Å². The third-order valence-corrected chi connectivity index (χ3v) is 6.13. The summed E-state index contributed by atoms with van der Waals surface area (Å²) in [5.74, 6) is 0.607. The molecule has 1 atom stereocenters. The standard InChI is InChI=1S/C23H17N7S/c1-3-8-16(9-4-1)19-14-20(30-23(24-19)25-27-28-30)18-15-29(17-10-5-2-6-11-17)26-22(18)21-12-7-13-31-21/h1-15,20H,(H,24,25,28)/t20-/m0/s1. The second-order valence-electron chi connectivity index (χ2n) is 7.15. The van der Waals surface area contributed by atoms with Crippen molar-refractivity contribution >= 4 is 23.0 Å². The lowest BCUT2D eigenvalue weighted by Gasteiger charge is -2.23. The molecule has 6 rings (SSSR count). The Balaban J connectivity index is 1.54. The van der Waals surface area contributed by atoms with Gasteiger partial charge in [0.2, 0.25) is 5.95 Å². The summed E-state index contributed by atoms with van der Waals surface area (Å²) in [4.78, 5) is 1.10. The fourth-order valence-electron chi connectivity index (χ4n) is 3.78. The minimum Gasteiger partial charge on any atom is -0.323 e. The second kappa shape index (κ2) is 7.33. The van der Waals surface area contributed by atoms with Gasteiger partial charge in [-0.3, -0.25) is 0 Å². The minimum atomic E-state index is -0.198. The topological polar surface area (TPSA) is 73.5 Å². The number of para-hydroxylation sites is 1. The maximum absolute atomic E-state index is 4.95. The average molecular weight is 424 g/mol. The molecule has 1 aliphatic heterocycles. The largest absolute Gasteiger partial charge is 0.323 e. The van der Waals surface area contributed by atoms with Crippen molar-refractivity contribution in [2.75, 3.05) is 5.32 Å². The van der Waals surface area contributed by atoms with E-state index >= 15 is 0 Å². The summed E-state index contributed by atoms with van der Waals surface area (Å²) in [7, 11) is 0. The lowest BCUT2D eigenvalue weighted by Crippen LogP contribution is -2.20. The van der Waals surface area contributed by atoms with Gasteiger partial charge in [-0.15, -0.1) is 11.3 Å². The molecule has 7 nitrogen and oxygen atoms in total. The van der Waals surface area contributed by atoms with E-state index in [0.29, 0.717) is 5.95 Å². The smallest absolute Gasteiger partial charge is 0.248 e. The number of fused-ring (bicyclic) bond motifs is 1. The van der Waals surface area contributed by atoms with Crippen molar-refractivity contribution in [1.82, 2.24) is 30.0 Å². The van der Waals surface area contributed by atoms with E-state index in [2.05, 4.69) is 56.7 Å². The number of nitrogens with one attached hydrogen (secondary N) is 1. The minimum absolute atomic E-state index is 0.198. The van der Waals surface area contributed by atoms with Gasteiger partial charge in [0.15, 0.2) is 0 Å². The van der Waals surface area contributed by atoms with E-state index in [4.69, 9.17) is 5.10 Å². The zero-order valence-corrected chi connectivity index (χ0v) is 17.1. The highest BCUT2D eigenvalue weighted by Crippen LogP contribution is 2.37. The zero-order valence-electron chi connectivity index (χ0n) is 16.3. The van der Waals surface area contributed by atoms with Gasteiger partial charge in [-0.05, 0) is 45.6 Å². The first kappa shape index (κ1) is 17.8. The molecular weight excluding hydrogens is 406 g/mol. The van der Waals surface area contributed by atoms with Gasteiger partial charge >= 0.3 is 0 Å². The Bertz CT molecular complexity index is 1350. The van der Waals surface area contributed by atoms with Crippen LogP contribution in [0.3, 0.4) is 0 Å². The number of allylic oxidation sites excluding steroid dienone is 1. The third-order valence-electron chi connectivity index (χ3n) is 5.25. The molecule has 0 saturated heterocycles. The zero-order chi connectivity index (χ0) is 20.6. The molecule has 0 unspecified atom stereocenters. The Morgan fingerprint density at radius 1 is 0.903 bits per heavy atom. The van der Waals surface area contributed by atoms with E-state index in [1.807, 2.05) is 59.3 Å². The van der Waals surface area contributed by atoms with Crippen LogP contribution in [-0.2, 0) is 0 Å². The molecule has 4 heterocycles. The summed E-state index contributed by atoms with van der Waals surface area (Å²) < 4.78 is 3.72. The molecule has 0 radical (unpaired) electrons. The first-order valence-corrected chi connectivity index (χ1v) is 10.8. The molecule has 1 aliphatic rings. The van der Waals surface area contributed by atoms with Gasteiger partial charge in [-0.25, -0.2) is 4.68 Å². The van der Waals surface area contributed by atoms with Crippen LogP contribution in [0, 0.1) is 0 Å². The third kappa shape index (κ3) is 3.13. The van der Waals surface area contributed by atoms with Crippen molar-refractivity contribution in [2.45, 2.75) is 6.04 Å². The molecule has 150 valence electrons. The van der Waals surface area contributed by atoms with Gasteiger partial charge < -0.3 is 5.32 Å². The Labute approximate surface area is 182 Å². The van der Waals surface area contributed by atoms with E-state index in [1.54, 1.807) is 16.0 Å². The molecule has 2 aromatic carbocycles. The molecule has 0 bridgehead atoms. The van der Waals surface area contributed by atoms with Gasteiger partial charge in [-0.2, -0.15) is 9.78 Å². The van der Waals surface area contributed by atoms with E-state index in [1.165, 1.54) is 0 Å². The summed E-state index contributed by atoms with van der Waals surface area (Å²) >= 11 is 1.67. The predicted octanol–water partition coefficient (Wildman–Crippen LogP) is 4.64. The van der Waals surface area contributed by atoms with E-state index in [-0.39, 0.29) is 6.04 Å². The van der Waals surface area contributed by atoms with Crippen LogP contribution in [0.15, 0.2) is 90.4 Å². The summed E-state index contributed by atoms with van der Waals surface area (Å²) in [6, 6.07) is 24.3.